The molecule has 0 aromatic carbocycles. The largest absolute Gasteiger partial charge is 0.417 e. The summed E-state index contributed by atoms with van der Waals surface area (Å²) >= 11 is 0. The van der Waals surface area contributed by atoms with E-state index in [1.807, 2.05) is 0 Å². The molecule has 0 aromatic heterocycles. The highest BCUT2D eigenvalue weighted by molar-refractivity contribution is 6.73. The highest BCUT2D eigenvalue weighted by Crippen LogP contribution is 2.31. The predicted octanol–water partition coefficient (Wildman–Crippen LogP) is 1.44. The zero-order valence-corrected chi connectivity index (χ0v) is 10.1. The molecule has 1 aliphatic rings. The number of nitrogens with two attached hydrogens (primary N) is 2. The molecule has 0 radical (unpaired) electrons. The maximum absolute atomic E-state index is 6.10. The molecule has 14 heavy (non-hydrogen) atoms. The molecule has 0 aromatic rings. The van der Waals surface area contributed by atoms with Crippen molar-refractivity contribution in [2.24, 2.45) is 11.5 Å². The smallest absolute Gasteiger partial charge is 0.192 e. The van der Waals surface area contributed by atoms with E-state index in [0.717, 1.165) is 32.5 Å². The van der Waals surface area contributed by atoms with Gasteiger partial charge in [0.15, 0.2) is 8.32 Å². The van der Waals surface area contributed by atoms with Gasteiger partial charge in [-0.2, -0.15) is 0 Å². The summed E-state index contributed by atoms with van der Waals surface area (Å²) in [6, 6.07) is 3.85. The van der Waals surface area contributed by atoms with E-state index in [0.29, 0.717) is 0 Å². The molecule has 1 heterocycles. The van der Waals surface area contributed by atoms with Crippen molar-refractivity contribution in [3.05, 3.63) is 0 Å². The summed E-state index contributed by atoms with van der Waals surface area (Å²) in [5.41, 5.74) is 11.2. The van der Waals surface area contributed by atoms with Gasteiger partial charge in [-0.15, -0.1) is 0 Å². The predicted molar refractivity (Wildman–Crippen MR) is 62.7 cm³/mol. The molecule has 0 unspecified atom stereocenters. The molecule has 0 amide bonds. The van der Waals surface area contributed by atoms with E-state index in [2.05, 4.69) is 0 Å². The van der Waals surface area contributed by atoms with Gasteiger partial charge in [0.25, 0.3) is 0 Å². The fraction of sp³-hybridized carbons (Fsp3) is 1.00. The van der Waals surface area contributed by atoms with Crippen LogP contribution in [-0.4, -0.2) is 28.0 Å². The fourth-order valence-electron chi connectivity index (χ4n) is 2.28. The van der Waals surface area contributed by atoms with Crippen molar-refractivity contribution in [3.8, 4) is 0 Å². The molecule has 0 saturated carbocycles. The van der Waals surface area contributed by atoms with Gasteiger partial charge in [0.2, 0.25) is 0 Å². The van der Waals surface area contributed by atoms with Gasteiger partial charge in [-0.1, -0.05) is 6.42 Å². The number of hydrogen-bond acceptors (Lipinski definition) is 3. The summed E-state index contributed by atoms with van der Waals surface area (Å²) in [7, 11) is -1.38. The molecular weight excluding hydrogens is 192 g/mol. The van der Waals surface area contributed by atoms with Crippen molar-refractivity contribution in [2.75, 3.05) is 19.7 Å². The number of hydrogen-bond donors (Lipinski definition) is 2. The first-order valence-electron chi connectivity index (χ1n) is 5.87. The highest BCUT2D eigenvalue weighted by atomic mass is 28.4. The van der Waals surface area contributed by atoms with Gasteiger partial charge < -0.3 is 15.9 Å². The van der Waals surface area contributed by atoms with E-state index in [-0.39, 0.29) is 0 Å². The van der Waals surface area contributed by atoms with Gasteiger partial charge in [-0.25, -0.2) is 0 Å². The van der Waals surface area contributed by atoms with Gasteiger partial charge in [-0.3, -0.25) is 0 Å². The van der Waals surface area contributed by atoms with Crippen LogP contribution < -0.4 is 11.5 Å². The van der Waals surface area contributed by atoms with Gasteiger partial charge >= 0.3 is 0 Å². The minimum absolute atomic E-state index is 0.806. The van der Waals surface area contributed by atoms with Gasteiger partial charge in [-0.05, 0) is 50.5 Å². The Balaban J connectivity index is 2.39. The molecule has 0 bridgehead atoms. The van der Waals surface area contributed by atoms with E-state index in [1.54, 1.807) is 0 Å². The summed E-state index contributed by atoms with van der Waals surface area (Å²) in [5, 5.41) is 0. The summed E-state index contributed by atoms with van der Waals surface area (Å²) in [5.74, 6) is 0. The molecular formula is C10H24N2OSi. The summed E-state index contributed by atoms with van der Waals surface area (Å²) in [6.45, 7) is 2.60. The van der Waals surface area contributed by atoms with Crippen LogP contribution in [0.15, 0.2) is 0 Å². The third kappa shape index (κ3) is 3.69. The third-order valence-corrected chi connectivity index (χ3v) is 7.72. The van der Waals surface area contributed by atoms with Crippen LogP contribution >= 0.6 is 0 Å². The van der Waals surface area contributed by atoms with E-state index in [1.165, 1.54) is 31.0 Å². The maximum Gasteiger partial charge on any atom is 0.192 e. The Hall–Kier alpha value is 0.0969. The Morgan fingerprint density at radius 3 is 2.07 bits per heavy atom. The summed E-state index contributed by atoms with van der Waals surface area (Å²) in [4.78, 5) is 0. The topological polar surface area (TPSA) is 61.3 Å². The first-order chi connectivity index (χ1) is 6.83. The SMILES string of the molecule is NCCC[Si]1(CCCN)CCCCO1. The Labute approximate surface area is 88.3 Å². The molecule has 4 N–H and O–H groups in total. The Morgan fingerprint density at radius 2 is 1.64 bits per heavy atom. The lowest BCUT2D eigenvalue weighted by molar-refractivity contribution is 0.264. The van der Waals surface area contributed by atoms with Crippen LogP contribution in [0.4, 0.5) is 0 Å². The summed E-state index contributed by atoms with van der Waals surface area (Å²) < 4.78 is 6.10. The molecule has 4 heteroatoms. The molecule has 1 saturated heterocycles. The lowest BCUT2D eigenvalue weighted by Crippen LogP contribution is -2.41. The Bertz CT molecular complexity index is 139. The van der Waals surface area contributed by atoms with Crippen LogP contribution in [0.2, 0.25) is 18.1 Å². The third-order valence-electron chi connectivity index (χ3n) is 3.11. The quantitative estimate of drug-likeness (QED) is 0.661. The van der Waals surface area contributed by atoms with Crippen LogP contribution in [0.3, 0.4) is 0 Å². The van der Waals surface area contributed by atoms with Crippen LogP contribution in [0.5, 0.6) is 0 Å². The van der Waals surface area contributed by atoms with E-state index in [4.69, 9.17) is 15.9 Å². The van der Waals surface area contributed by atoms with E-state index >= 15 is 0 Å². The van der Waals surface area contributed by atoms with E-state index < -0.39 is 8.32 Å². The second-order valence-corrected chi connectivity index (χ2v) is 8.43. The molecule has 84 valence electrons. The molecule has 1 fully saturated rings. The standard InChI is InChI=1S/C10H24N2OSi/c11-5-3-9-14(10-4-6-12)8-2-1-7-13-14/h1-12H2. The maximum atomic E-state index is 6.10. The average molecular weight is 216 g/mol. The lowest BCUT2D eigenvalue weighted by atomic mass is 10.4. The first kappa shape index (κ1) is 12.2. The number of rotatable bonds is 6. The Morgan fingerprint density at radius 1 is 1.00 bits per heavy atom. The van der Waals surface area contributed by atoms with Crippen LogP contribution in [0.25, 0.3) is 0 Å². The second kappa shape index (κ2) is 6.56. The Kier molecular flexibility index (Phi) is 5.70. The van der Waals surface area contributed by atoms with Crippen LogP contribution in [0.1, 0.15) is 25.7 Å². The van der Waals surface area contributed by atoms with Gasteiger partial charge in [0, 0.05) is 6.61 Å². The lowest BCUT2D eigenvalue weighted by Gasteiger charge is -2.35. The second-order valence-electron chi connectivity index (χ2n) is 4.27. The molecule has 0 aliphatic carbocycles. The average Bonchev–Trinajstić information content (AvgIpc) is 2.25. The van der Waals surface area contributed by atoms with Gasteiger partial charge in [0.05, 0.1) is 0 Å². The highest BCUT2D eigenvalue weighted by Gasteiger charge is 2.35. The monoisotopic (exact) mass is 216 g/mol. The van der Waals surface area contributed by atoms with Crippen molar-refractivity contribution in [1.82, 2.24) is 0 Å². The van der Waals surface area contributed by atoms with Crippen LogP contribution in [-0.2, 0) is 4.43 Å². The normalized spacial score (nSPS) is 21.0. The van der Waals surface area contributed by atoms with E-state index in [9.17, 15) is 0 Å². The van der Waals surface area contributed by atoms with Crippen molar-refractivity contribution >= 4 is 8.32 Å². The molecule has 1 rings (SSSR count). The minimum Gasteiger partial charge on any atom is -0.417 e. The molecule has 1 aliphatic heterocycles. The molecule has 3 nitrogen and oxygen atoms in total. The minimum atomic E-state index is -1.38. The zero-order chi connectivity index (χ0) is 10.3. The zero-order valence-electron chi connectivity index (χ0n) is 9.13. The van der Waals surface area contributed by atoms with Crippen molar-refractivity contribution in [3.63, 3.8) is 0 Å². The van der Waals surface area contributed by atoms with Gasteiger partial charge in [0.1, 0.15) is 0 Å². The van der Waals surface area contributed by atoms with Crippen LogP contribution in [0, 0.1) is 0 Å². The summed E-state index contributed by atoms with van der Waals surface area (Å²) in [6.07, 6.45) is 4.88. The van der Waals surface area contributed by atoms with Crippen molar-refractivity contribution in [2.45, 2.75) is 43.8 Å². The first-order valence-corrected chi connectivity index (χ1v) is 8.40. The fourth-order valence-corrected chi connectivity index (χ4v) is 6.63. The van der Waals surface area contributed by atoms with Crippen molar-refractivity contribution in [1.29, 1.82) is 0 Å². The van der Waals surface area contributed by atoms with Crippen molar-refractivity contribution < 1.29 is 4.43 Å². The molecule has 0 atom stereocenters. The molecule has 0 spiro atoms.